The van der Waals surface area contributed by atoms with Gasteiger partial charge in [-0.15, -0.1) is 0 Å². The Bertz CT molecular complexity index is 596. The zero-order chi connectivity index (χ0) is 14.3. The molecule has 0 N–H and O–H groups in total. The van der Waals surface area contributed by atoms with Crippen LogP contribution in [0.1, 0.15) is 24.2 Å². The maximum Gasteiger partial charge on any atom is 0.299 e. The smallest absolute Gasteiger partial charge is 0.297 e. The van der Waals surface area contributed by atoms with Gasteiger partial charge in [-0.05, 0) is 12.1 Å². The number of fused-ring (bicyclic) bond motifs is 1. The van der Waals surface area contributed by atoms with Crippen molar-refractivity contribution in [3.8, 4) is 0 Å². The largest absolute Gasteiger partial charge is 0.299 e. The minimum atomic E-state index is -0.765. The molecule has 0 saturated heterocycles. The van der Waals surface area contributed by atoms with E-state index in [0.29, 0.717) is 0 Å². The van der Waals surface area contributed by atoms with Crippen molar-refractivity contribution < 1.29 is 14.4 Å². The van der Waals surface area contributed by atoms with Gasteiger partial charge in [0.2, 0.25) is 0 Å². The Hall–Kier alpha value is -1.39. The first-order valence-electron chi connectivity index (χ1n) is 5.71. The molecule has 19 heavy (non-hydrogen) atoms. The van der Waals surface area contributed by atoms with Crippen molar-refractivity contribution in [1.29, 1.82) is 0 Å². The van der Waals surface area contributed by atoms with E-state index in [1.54, 1.807) is 13.8 Å². The van der Waals surface area contributed by atoms with Crippen LogP contribution in [0.3, 0.4) is 0 Å². The van der Waals surface area contributed by atoms with Crippen molar-refractivity contribution >= 4 is 46.4 Å². The predicted octanol–water partition coefficient (Wildman–Crippen LogP) is 2.75. The lowest BCUT2D eigenvalue weighted by Gasteiger charge is -2.18. The summed E-state index contributed by atoms with van der Waals surface area (Å²) < 4.78 is 0. The molecule has 0 unspecified atom stereocenters. The Morgan fingerprint density at radius 2 is 1.79 bits per heavy atom. The fourth-order valence-corrected chi connectivity index (χ4v) is 2.34. The highest BCUT2D eigenvalue weighted by atomic mass is 35.5. The lowest BCUT2D eigenvalue weighted by Crippen LogP contribution is -2.36. The number of hydrogen-bond donors (Lipinski definition) is 0. The minimum Gasteiger partial charge on any atom is -0.297 e. The fourth-order valence-electron chi connectivity index (χ4n) is 1.84. The minimum absolute atomic E-state index is 0.0794. The molecule has 0 aromatic heterocycles. The number of carbonyl (C=O) groups excluding carboxylic acids is 3. The fraction of sp³-hybridized carbons (Fsp3) is 0.308. The van der Waals surface area contributed by atoms with Crippen LogP contribution >= 0.6 is 23.2 Å². The van der Waals surface area contributed by atoms with Gasteiger partial charge in [-0.3, -0.25) is 19.3 Å². The average Bonchev–Trinajstić information content (AvgIpc) is 2.60. The predicted molar refractivity (Wildman–Crippen MR) is 73.0 cm³/mol. The molecule has 2 rings (SSSR count). The van der Waals surface area contributed by atoms with Crippen LogP contribution in [0.2, 0.25) is 10.0 Å². The third-order valence-corrected chi connectivity index (χ3v) is 3.59. The van der Waals surface area contributed by atoms with E-state index in [4.69, 9.17) is 23.2 Å². The van der Waals surface area contributed by atoms with Crippen LogP contribution < -0.4 is 4.90 Å². The van der Waals surface area contributed by atoms with Crippen molar-refractivity contribution in [1.82, 2.24) is 0 Å². The van der Waals surface area contributed by atoms with Crippen molar-refractivity contribution in [2.75, 3.05) is 11.4 Å². The summed E-state index contributed by atoms with van der Waals surface area (Å²) in [5.74, 6) is -1.87. The molecule has 1 amide bonds. The summed E-state index contributed by atoms with van der Waals surface area (Å²) in [7, 11) is 0. The maximum absolute atomic E-state index is 11.9. The molecular weight excluding hydrogens is 289 g/mol. The van der Waals surface area contributed by atoms with Crippen LogP contribution in [-0.4, -0.2) is 24.0 Å². The Labute approximate surface area is 120 Å². The zero-order valence-electron chi connectivity index (χ0n) is 10.4. The van der Waals surface area contributed by atoms with E-state index in [0.717, 1.165) is 4.90 Å². The number of halogens is 2. The number of carbonyl (C=O) groups is 3. The molecule has 4 nitrogen and oxygen atoms in total. The maximum atomic E-state index is 11.9. The molecule has 0 atom stereocenters. The Morgan fingerprint density at radius 3 is 2.37 bits per heavy atom. The molecule has 100 valence electrons. The number of Topliss-reactive ketones (excluding diaryl/α,β-unsaturated/α-hetero) is 2. The summed E-state index contributed by atoms with van der Waals surface area (Å²) in [5.41, 5.74) is 0.314. The van der Waals surface area contributed by atoms with Crippen LogP contribution in [0.25, 0.3) is 0 Å². The van der Waals surface area contributed by atoms with Gasteiger partial charge in [0, 0.05) is 5.92 Å². The van der Waals surface area contributed by atoms with Gasteiger partial charge in [-0.2, -0.15) is 0 Å². The summed E-state index contributed by atoms with van der Waals surface area (Å²) in [6.07, 6.45) is 0. The normalized spacial score (nSPS) is 14.3. The second-order valence-electron chi connectivity index (χ2n) is 4.59. The Kier molecular flexibility index (Phi) is 3.65. The van der Waals surface area contributed by atoms with Crippen LogP contribution in [0.5, 0.6) is 0 Å². The highest BCUT2D eigenvalue weighted by molar-refractivity contribution is 6.57. The van der Waals surface area contributed by atoms with Gasteiger partial charge < -0.3 is 0 Å². The number of nitrogens with zero attached hydrogens (tertiary/aromatic N) is 1. The van der Waals surface area contributed by atoms with E-state index in [-0.39, 0.29) is 39.5 Å². The van der Waals surface area contributed by atoms with Crippen LogP contribution in [0, 0.1) is 5.92 Å². The number of ketones is 2. The van der Waals surface area contributed by atoms with Gasteiger partial charge in [-0.25, -0.2) is 0 Å². The highest BCUT2D eigenvalue weighted by Gasteiger charge is 2.40. The molecule has 1 aliphatic heterocycles. The number of benzene rings is 1. The van der Waals surface area contributed by atoms with Crippen molar-refractivity contribution in [3.63, 3.8) is 0 Å². The molecule has 0 fully saturated rings. The Balaban J connectivity index is 2.50. The molecule has 0 saturated carbocycles. The SMILES string of the molecule is CC(C)C(=O)CN1C(=O)C(=O)c2c(Cl)ccc(Cl)c21. The lowest BCUT2D eigenvalue weighted by molar-refractivity contribution is -0.122. The molecule has 1 aromatic rings. The monoisotopic (exact) mass is 299 g/mol. The first-order valence-corrected chi connectivity index (χ1v) is 6.47. The Morgan fingerprint density at radius 1 is 1.21 bits per heavy atom. The zero-order valence-corrected chi connectivity index (χ0v) is 11.9. The molecule has 1 aromatic carbocycles. The number of hydrogen-bond acceptors (Lipinski definition) is 3. The van der Waals surface area contributed by atoms with Gasteiger partial charge in [0.1, 0.15) is 0 Å². The van der Waals surface area contributed by atoms with Gasteiger partial charge in [0.15, 0.2) is 5.78 Å². The summed E-state index contributed by atoms with van der Waals surface area (Å²) >= 11 is 11.9. The summed E-state index contributed by atoms with van der Waals surface area (Å²) in [5, 5.41) is 0.396. The van der Waals surface area contributed by atoms with Gasteiger partial charge in [-0.1, -0.05) is 37.0 Å². The van der Waals surface area contributed by atoms with E-state index < -0.39 is 11.7 Å². The topological polar surface area (TPSA) is 54.5 Å². The quantitative estimate of drug-likeness (QED) is 0.807. The number of anilines is 1. The number of amides is 1. The molecule has 1 heterocycles. The first-order chi connectivity index (χ1) is 8.84. The molecule has 0 bridgehead atoms. The van der Waals surface area contributed by atoms with E-state index in [9.17, 15) is 14.4 Å². The van der Waals surface area contributed by atoms with E-state index >= 15 is 0 Å². The van der Waals surface area contributed by atoms with Crippen molar-refractivity contribution in [2.45, 2.75) is 13.8 Å². The van der Waals surface area contributed by atoms with Crippen molar-refractivity contribution in [2.24, 2.45) is 5.92 Å². The number of rotatable bonds is 3. The van der Waals surface area contributed by atoms with Gasteiger partial charge in [0.25, 0.3) is 11.7 Å². The van der Waals surface area contributed by atoms with Crippen molar-refractivity contribution in [3.05, 3.63) is 27.7 Å². The van der Waals surface area contributed by atoms with E-state index in [2.05, 4.69) is 0 Å². The second kappa shape index (κ2) is 4.94. The molecule has 0 radical (unpaired) electrons. The third kappa shape index (κ3) is 2.26. The van der Waals surface area contributed by atoms with Crippen LogP contribution in [0.15, 0.2) is 12.1 Å². The molecule has 0 aliphatic carbocycles. The molecule has 6 heteroatoms. The van der Waals surface area contributed by atoms with Crippen LogP contribution in [-0.2, 0) is 9.59 Å². The average molecular weight is 300 g/mol. The van der Waals surface area contributed by atoms with Crippen LogP contribution in [0.4, 0.5) is 5.69 Å². The van der Waals surface area contributed by atoms with Gasteiger partial charge >= 0.3 is 0 Å². The summed E-state index contributed by atoms with van der Waals surface area (Å²) in [4.78, 5) is 36.7. The summed E-state index contributed by atoms with van der Waals surface area (Å²) in [6, 6.07) is 2.96. The third-order valence-electron chi connectivity index (χ3n) is 2.97. The molecular formula is C13H11Cl2NO3. The molecule has 0 spiro atoms. The van der Waals surface area contributed by atoms with Gasteiger partial charge in [0.05, 0.1) is 27.8 Å². The molecule has 1 aliphatic rings. The standard InChI is InChI=1S/C13H11Cl2NO3/c1-6(2)9(17)5-16-11-8(15)4-3-7(14)10(11)12(18)13(16)19/h3-4,6H,5H2,1-2H3. The summed E-state index contributed by atoms with van der Waals surface area (Å²) in [6.45, 7) is 3.28. The second-order valence-corrected chi connectivity index (χ2v) is 5.41. The highest BCUT2D eigenvalue weighted by Crippen LogP contribution is 2.39. The lowest BCUT2D eigenvalue weighted by atomic mass is 10.1. The van der Waals surface area contributed by atoms with E-state index in [1.165, 1.54) is 12.1 Å². The first kappa shape index (κ1) is 14.0. The van der Waals surface area contributed by atoms with E-state index in [1.807, 2.05) is 0 Å².